The molecule has 1 aliphatic rings. The van der Waals surface area contributed by atoms with Crippen LogP contribution in [-0.2, 0) is 0 Å². The van der Waals surface area contributed by atoms with Crippen molar-refractivity contribution in [2.75, 3.05) is 0 Å². The van der Waals surface area contributed by atoms with Gasteiger partial charge in [-0.3, -0.25) is 0 Å². The van der Waals surface area contributed by atoms with Gasteiger partial charge >= 0.3 is 0 Å². The molecule has 0 aliphatic carbocycles. The third kappa shape index (κ3) is 1.62. The summed E-state index contributed by atoms with van der Waals surface area (Å²) in [6.45, 7) is 7.38. The second-order valence-electron chi connectivity index (χ2n) is 4.68. The van der Waals surface area contributed by atoms with E-state index in [-0.39, 0.29) is 0 Å². The molecule has 2 atom stereocenters. The van der Waals surface area contributed by atoms with Crippen molar-refractivity contribution in [2.24, 2.45) is 5.73 Å². The fraction of sp³-hybridized carbons (Fsp3) is 0.385. The molecule has 0 bridgehead atoms. The molecule has 3 nitrogen and oxygen atoms in total. The van der Waals surface area contributed by atoms with Crippen LogP contribution in [0.1, 0.15) is 31.0 Å². The van der Waals surface area contributed by atoms with Crippen molar-refractivity contribution in [3.05, 3.63) is 35.9 Å². The van der Waals surface area contributed by atoms with Gasteiger partial charge in [0.15, 0.2) is 0 Å². The largest absolute Gasteiger partial charge is 0.485 e. The molecule has 0 radical (unpaired) electrons. The normalized spacial score (nSPS) is 26.8. The van der Waals surface area contributed by atoms with Gasteiger partial charge in [-0.05, 0) is 31.5 Å². The van der Waals surface area contributed by atoms with Gasteiger partial charge in [-0.2, -0.15) is 0 Å². The molecule has 0 fully saturated rings. The van der Waals surface area contributed by atoms with Crippen LogP contribution in [0.5, 0.6) is 5.75 Å². The van der Waals surface area contributed by atoms with Crippen molar-refractivity contribution in [3.63, 3.8) is 0 Å². The lowest BCUT2D eigenvalue weighted by molar-refractivity contribution is -0.0571. The molecule has 2 rings (SSSR count). The van der Waals surface area contributed by atoms with Crippen LogP contribution < -0.4 is 10.5 Å². The Hall–Kier alpha value is -1.32. The lowest BCUT2D eigenvalue weighted by Gasteiger charge is -2.40. The summed E-state index contributed by atoms with van der Waals surface area (Å²) in [5, 5.41) is 10.0. The van der Waals surface area contributed by atoms with E-state index in [1.54, 1.807) is 6.08 Å². The highest BCUT2D eigenvalue weighted by molar-refractivity contribution is 5.53. The van der Waals surface area contributed by atoms with Gasteiger partial charge in [0.1, 0.15) is 17.5 Å². The smallest absolute Gasteiger partial charge is 0.131 e. The van der Waals surface area contributed by atoms with Gasteiger partial charge in [0.05, 0.1) is 6.04 Å². The predicted octanol–water partition coefficient (Wildman–Crippen LogP) is 1.86. The molecule has 1 aromatic rings. The number of fused-ring (bicyclic) bond motifs is 1. The molecular formula is C13H17NO2. The van der Waals surface area contributed by atoms with Crippen molar-refractivity contribution in [1.29, 1.82) is 0 Å². The number of benzene rings is 1. The minimum Gasteiger partial charge on any atom is -0.485 e. The molecule has 1 aliphatic heterocycles. The number of hydrogen-bond donors (Lipinski definition) is 2. The Morgan fingerprint density at radius 2 is 2.19 bits per heavy atom. The molecule has 0 saturated carbocycles. The molecule has 16 heavy (non-hydrogen) atoms. The van der Waals surface area contributed by atoms with Gasteiger partial charge in [0, 0.05) is 5.56 Å². The van der Waals surface area contributed by atoms with Gasteiger partial charge in [0.2, 0.25) is 0 Å². The highest BCUT2D eigenvalue weighted by atomic mass is 16.5. The van der Waals surface area contributed by atoms with Crippen molar-refractivity contribution in [3.8, 4) is 5.75 Å². The summed E-state index contributed by atoms with van der Waals surface area (Å²) in [7, 11) is 0. The van der Waals surface area contributed by atoms with E-state index in [9.17, 15) is 5.11 Å². The Kier molecular flexibility index (Phi) is 2.52. The Bertz CT molecular complexity index is 426. The summed E-state index contributed by atoms with van der Waals surface area (Å²) in [5.74, 6) is 0.744. The Morgan fingerprint density at radius 3 is 2.81 bits per heavy atom. The molecule has 86 valence electrons. The second-order valence-corrected chi connectivity index (χ2v) is 4.68. The standard InChI is InChI=1S/C13H17NO2/c1-4-8-5-6-10-9(7-8)11(14)12(15)13(2,3)16-10/h4-7,11-12,15H,1,14H2,2-3H3/t11-,12+/m1/s1. The maximum Gasteiger partial charge on any atom is 0.131 e. The fourth-order valence-electron chi connectivity index (χ4n) is 1.99. The topological polar surface area (TPSA) is 55.5 Å². The first-order chi connectivity index (χ1) is 7.45. The van der Waals surface area contributed by atoms with E-state index in [1.807, 2.05) is 32.0 Å². The van der Waals surface area contributed by atoms with E-state index in [4.69, 9.17) is 10.5 Å². The van der Waals surface area contributed by atoms with Crippen LogP contribution in [0.3, 0.4) is 0 Å². The second kappa shape index (κ2) is 3.61. The van der Waals surface area contributed by atoms with Crippen LogP contribution in [0.2, 0.25) is 0 Å². The first-order valence-electron chi connectivity index (χ1n) is 5.35. The summed E-state index contributed by atoms with van der Waals surface area (Å²) in [5.41, 5.74) is 7.19. The third-order valence-corrected chi connectivity index (χ3v) is 3.05. The van der Waals surface area contributed by atoms with Gasteiger partial charge in [-0.1, -0.05) is 18.7 Å². The minimum atomic E-state index is -0.708. The third-order valence-electron chi connectivity index (χ3n) is 3.05. The maximum absolute atomic E-state index is 10.0. The van der Waals surface area contributed by atoms with E-state index >= 15 is 0 Å². The van der Waals surface area contributed by atoms with E-state index in [0.717, 1.165) is 16.9 Å². The molecule has 0 spiro atoms. The maximum atomic E-state index is 10.0. The highest BCUT2D eigenvalue weighted by Gasteiger charge is 2.40. The molecule has 0 aromatic heterocycles. The summed E-state index contributed by atoms with van der Waals surface area (Å²) >= 11 is 0. The van der Waals surface area contributed by atoms with E-state index in [1.165, 1.54) is 0 Å². The molecule has 1 heterocycles. The van der Waals surface area contributed by atoms with Crippen molar-refractivity contribution < 1.29 is 9.84 Å². The number of aliphatic hydroxyl groups is 1. The van der Waals surface area contributed by atoms with E-state index in [0.29, 0.717) is 0 Å². The molecule has 3 heteroatoms. The SMILES string of the molecule is C=Cc1ccc2c(c1)[C@@H](N)[C@H](O)C(C)(C)O2. The Balaban J connectivity index is 2.50. The van der Waals surface area contributed by atoms with E-state index < -0.39 is 17.7 Å². The summed E-state index contributed by atoms with van der Waals surface area (Å²) in [4.78, 5) is 0. The minimum absolute atomic E-state index is 0.418. The predicted molar refractivity (Wildman–Crippen MR) is 64.2 cm³/mol. The zero-order chi connectivity index (χ0) is 11.9. The van der Waals surface area contributed by atoms with Crippen LogP contribution in [0.15, 0.2) is 24.8 Å². The molecule has 0 unspecified atom stereocenters. The van der Waals surface area contributed by atoms with Crippen LogP contribution >= 0.6 is 0 Å². The Morgan fingerprint density at radius 1 is 1.50 bits per heavy atom. The first kappa shape index (κ1) is 11.2. The van der Waals surface area contributed by atoms with Gasteiger partial charge in [0.25, 0.3) is 0 Å². The van der Waals surface area contributed by atoms with Crippen LogP contribution in [0.4, 0.5) is 0 Å². The zero-order valence-corrected chi connectivity index (χ0v) is 9.60. The summed E-state index contributed by atoms with van der Waals surface area (Å²) in [6, 6.07) is 5.29. The molecule has 3 N–H and O–H groups in total. The highest BCUT2D eigenvalue weighted by Crippen LogP contribution is 2.38. The first-order valence-corrected chi connectivity index (χ1v) is 5.35. The average molecular weight is 219 g/mol. The van der Waals surface area contributed by atoms with Gasteiger partial charge < -0.3 is 15.6 Å². The van der Waals surface area contributed by atoms with E-state index in [2.05, 4.69) is 6.58 Å². The monoisotopic (exact) mass is 219 g/mol. The number of rotatable bonds is 1. The number of nitrogens with two attached hydrogens (primary N) is 1. The zero-order valence-electron chi connectivity index (χ0n) is 9.60. The lowest BCUT2D eigenvalue weighted by Crippen LogP contribution is -2.51. The molecule has 0 saturated heterocycles. The number of aliphatic hydroxyl groups excluding tert-OH is 1. The quantitative estimate of drug-likeness (QED) is 0.758. The van der Waals surface area contributed by atoms with Gasteiger partial charge in [-0.25, -0.2) is 0 Å². The fourth-order valence-corrected chi connectivity index (χ4v) is 1.99. The summed E-state index contributed by atoms with van der Waals surface area (Å²) in [6.07, 6.45) is 1.04. The van der Waals surface area contributed by atoms with Gasteiger partial charge in [-0.15, -0.1) is 0 Å². The number of ether oxygens (including phenoxy) is 1. The molecule has 0 amide bonds. The Labute approximate surface area is 95.5 Å². The van der Waals surface area contributed by atoms with Crippen molar-refractivity contribution in [1.82, 2.24) is 0 Å². The van der Waals surface area contributed by atoms with Crippen molar-refractivity contribution in [2.45, 2.75) is 31.6 Å². The number of hydrogen-bond acceptors (Lipinski definition) is 3. The molecule has 1 aromatic carbocycles. The van der Waals surface area contributed by atoms with Crippen molar-refractivity contribution >= 4 is 6.08 Å². The lowest BCUT2D eigenvalue weighted by atomic mass is 9.86. The van der Waals surface area contributed by atoms with Crippen LogP contribution in [0.25, 0.3) is 6.08 Å². The van der Waals surface area contributed by atoms with Crippen LogP contribution in [0, 0.1) is 0 Å². The summed E-state index contributed by atoms with van der Waals surface area (Å²) < 4.78 is 5.74. The van der Waals surface area contributed by atoms with Crippen LogP contribution in [-0.4, -0.2) is 16.8 Å². The average Bonchev–Trinajstić information content (AvgIpc) is 2.25. The molecular weight excluding hydrogens is 202 g/mol.